The van der Waals surface area contributed by atoms with Crippen LogP contribution in [0.1, 0.15) is 29.8 Å². The topological polar surface area (TPSA) is 110 Å². The first-order valence-electron chi connectivity index (χ1n) is 8.47. The molecule has 150 valence electrons. The Morgan fingerprint density at radius 1 is 1.18 bits per heavy atom. The number of carbonyl (C=O) groups excluding carboxylic acids is 1. The predicted molar refractivity (Wildman–Crippen MR) is 107 cm³/mol. The first kappa shape index (κ1) is 21.8. The van der Waals surface area contributed by atoms with Gasteiger partial charge in [0, 0.05) is 30.4 Å². The van der Waals surface area contributed by atoms with Crippen molar-refractivity contribution in [3.63, 3.8) is 0 Å². The third-order valence-corrected chi connectivity index (χ3v) is 6.56. The maximum atomic E-state index is 12.7. The van der Waals surface area contributed by atoms with Gasteiger partial charge in [-0.25, -0.2) is 8.42 Å². The standard InChI is InChI=1S/C18H20ClN3O5S/c1-4-21(5-2)28(26,27)14-8-9-16(19)15(11-14)18(23)20-13-7-6-12(3)17(10-13)22(24)25/h6-11H,4-5H2,1-3H3,(H,20,23). The molecule has 2 aromatic carbocycles. The molecule has 0 spiro atoms. The van der Waals surface area contributed by atoms with Gasteiger partial charge in [0.05, 0.1) is 20.4 Å². The Morgan fingerprint density at radius 2 is 1.82 bits per heavy atom. The summed E-state index contributed by atoms with van der Waals surface area (Å²) >= 11 is 6.08. The van der Waals surface area contributed by atoms with Crippen molar-refractivity contribution in [3.05, 3.63) is 62.7 Å². The van der Waals surface area contributed by atoms with E-state index >= 15 is 0 Å². The average molecular weight is 426 g/mol. The molecule has 1 N–H and O–H groups in total. The van der Waals surface area contributed by atoms with Crippen LogP contribution in [0.25, 0.3) is 0 Å². The minimum absolute atomic E-state index is 0.0434. The molecule has 28 heavy (non-hydrogen) atoms. The summed E-state index contributed by atoms with van der Waals surface area (Å²) in [6.07, 6.45) is 0. The molecule has 1 amide bonds. The van der Waals surface area contributed by atoms with E-state index in [2.05, 4.69) is 5.32 Å². The maximum absolute atomic E-state index is 12.7. The molecule has 0 aliphatic rings. The van der Waals surface area contributed by atoms with Crippen LogP contribution in [0.3, 0.4) is 0 Å². The highest BCUT2D eigenvalue weighted by atomic mass is 35.5. The van der Waals surface area contributed by atoms with Crippen molar-refractivity contribution in [3.8, 4) is 0 Å². The SMILES string of the molecule is CCN(CC)S(=O)(=O)c1ccc(Cl)c(C(=O)Nc2ccc(C)c([N+](=O)[O-])c2)c1. The molecule has 0 aromatic heterocycles. The Balaban J connectivity index is 2.39. The van der Waals surface area contributed by atoms with Crippen molar-refractivity contribution in [2.24, 2.45) is 0 Å². The number of amides is 1. The van der Waals surface area contributed by atoms with E-state index in [0.717, 1.165) is 0 Å². The summed E-state index contributed by atoms with van der Waals surface area (Å²) in [5, 5.41) is 13.6. The Morgan fingerprint density at radius 3 is 2.39 bits per heavy atom. The highest BCUT2D eigenvalue weighted by molar-refractivity contribution is 7.89. The number of nitro groups is 1. The van der Waals surface area contributed by atoms with Gasteiger partial charge >= 0.3 is 0 Å². The largest absolute Gasteiger partial charge is 0.322 e. The summed E-state index contributed by atoms with van der Waals surface area (Å²) in [5.74, 6) is -0.667. The number of carbonyl (C=O) groups is 1. The highest BCUT2D eigenvalue weighted by Crippen LogP contribution is 2.26. The molecule has 0 bridgehead atoms. The zero-order chi connectivity index (χ0) is 21.1. The molecule has 8 nitrogen and oxygen atoms in total. The van der Waals surface area contributed by atoms with Crippen molar-refractivity contribution in [1.82, 2.24) is 4.31 Å². The fourth-order valence-corrected chi connectivity index (χ4v) is 4.32. The minimum atomic E-state index is -3.77. The van der Waals surface area contributed by atoms with Gasteiger partial charge in [0.2, 0.25) is 10.0 Å². The number of sulfonamides is 1. The van der Waals surface area contributed by atoms with Gasteiger partial charge in [-0.15, -0.1) is 0 Å². The van der Waals surface area contributed by atoms with Crippen molar-refractivity contribution < 1.29 is 18.1 Å². The first-order chi connectivity index (χ1) is 13.1. The van der Waals surface area contributed by atoms with Gasteiger partial charge in [0.1, 0.15) is 0 Å². The van der Waals surface area contributed by atoms with E-state index in [1.165, 1.54) is 40.7 Å². The van der Waals surface area contributed by atoms with Crippen molar-refractivity contribution in [2.45, 2.75) is 25.7 Å². The van der Waals surface area contributed by atoms with E-state index < -0.39 is 20.9 Å². The number of nitro benzene ring substituents is 1. The van der Waals surface area contributed by atoms with Crippen molar-refractivity contribution in [2.75, 3.05) is 18.4 Å². The smallest absolute Gasteiger partial charge is 0.274 e. The summed E-state index contributed by atoms with van der Waals surface area (Å²) in [4.78, 5) is 23.1. The second-order valence-electron chi connectivity index (χ2n) is 5.94. The van der Waals surface area contributed by atoms with Crippen molar-refractivity contribution in [1.29, 1.82) is 0 Å². The fourth-order valence-electron chi connectivity index (χ4n) is 2.63. The number of hydrogen-bond donors (Lipinski definition) is 1. The number of anilines is 1. The van der Waals surface area contributed by atoms with Crippen LogP contribution in [0.2, 0.25) is 5.02 Å². The molecular weight excluding hydrogens is 406 g/mol. The number of halogens is 1. The number of rotatable bonds is 7. The molecule has 0 atom stereocenters. The van der Waals surface area contributed by atoms with E-state index in [0.29, 0.717) is 5.56 Å². The second-order valence-corrected chi connectivity index (χ2v) is 8.29. The summed E-state index contributed by atoms with van der Waals surface area (Å²) in [6.45, 7) is 5.60. The third kappa shape index (κ3) is 4.49. The van der Waals surface area contributed by atoms with E-state index in [9.17, 15) is 23.3 Å². The number of nitrogens with one attached hydrogen (secondary N) is 1. The lowest BCUT2D eigenvalue weighted by molar-refractivity contribution is -0.385. The molecule has 0 aliphatic heterocycles. The lowest BCUT2D eigenvalue weighted by Gasteiger charge is -2.19. The molecule has 2 rings (SSSR count). The lowest BCUT2D eigenvalue weighted by atomic mass is 10.1. The summed E-state index contributed by atoms with van der Waals surface area (Å²) in [7, 11) is -3.77. The van der Waals surface area contributed by atoms with E-state index in [4.69, 9.17) is 11.6 Å². The van der Waals surface area contributed by atoms with Crippen LogP contribution in [0, 0.1) is 17.0 Å². The van der Waals surface area contributed by atoms with Crippen molar-refractivity contribution >= 4 is 38.9 Å². The van der Waals surface area contributed by atoms with Crippen LogP contribution in [0.15, 0.2) is 41.3 Å². The van der Waals surface area contributed by atoms with Crippen LogP contribution in [-0.4, -0.2) is 36.6 Å². The average Bonchev–Trinajstić information content (AvgIpc) is 2.63. The van der Waals surface area contributed by atoms with Crippen LogP contribution in [-0.2, 0) is 10.0 Å². The van der Waals surface area contributed by atoms with Gasteiger partial charge in [0.15, 0.2) is 0 Å². The summed E-state index contributed by atoms with van der Waals surface area (Å²) in [6, 6.07) is 8.14. The highest BCUT2D eigenvalue weighted by Gasteiger charge is 2.24. The molecule has 10 heteroatoms. The Bertz CT molecular complexity index is 1020. The van der Waals surface area contributed by atoms with Gasteiger partial charge in [-0.1, -0.05) is 31.5 Å². The molecule has 0 fully saturated rings. The first-order valence-corrected chi connectivity index (χ1v) is 10.3. The Labute approximate surface area is 168 Å². The second kappa shape index (κ2) is 8.68. The molecule has 0 aliphatic carbocycles. The van der Waals surface area contributed by atoms with Gasteiger partial charge in [-0.3, -0.25) is 14.9 Å². The molecule has 0 saturated heterocycles. The zero-order valence-corrected chi connectivity index (χ0v) is 17.2. The molecule has 0 saturated carbocycles. The number of nitrogens with zero attached hydrogens (tertiary/aromatic N) is 2. The number of hydrogen-bond acceptors (Lipinski definition) is 5. The van der Waals surface area contributed by atoms with Gasteiger partial charge in [-0.2, -0.15) is 4.31 Å². The monoisotopic (exact) mass is 425 g/mol. The van der Waals surface area contributed by atoms with Crippen LogP contribution in [0.5, 0.6) is 0 Å². The van der Waals surface area contributed by atoms with E-state index in [1.54, 1.807) is 20.8 Å². The number of aryl methyl sites for hydroxylation is 1. The predicted octanol–water partition coefficient (Wildman–Crippen LogP) is 3.84. The Hall–Kier alpha value is -2.49. The minimum Gasteiger partial charge on any atom is -0.322 e. The van der Waals surface area contributed by atoms with Crippen LogP contribution >= 0.6 is 11.6 Å². The van der Waals surface area contributed by atoms with Crippen LogP contribution < -0.4 is 5.32 Å². The number of benzene rings is 2. The molecule has 2 aromatic rings. The molecular formula is C18H20ClN3O5S. The summed E-state index contributed by atoms with van der Waals surface area (Å²) in [5.41, 5.74) is 0.476. The van der Waals surface area contributed by atoms with Gasteiger partial charge in [-0.05, 0) is 31.2 Å². The fraction of sp³-hybridized carbons (Fsp3) is 0.278. The normalized spacial score (nSPS) is 11.5. The molecule has 0 radical (unpaired) electrons. The van der Waals surface area contributed by atoms with Gasteiger partial charge in [0.25, 0.3) is 11.6 Å². The molecule has 0 unspecified atom stereocenters. The summed E-state index contributed by atoms with van der Waals surface area (Å²) < 4.78 is 26.6. The van der Waals surface area contributed by atoms with Gasteiger partial charge < -0.3 is 5.32 Å². The van der Waals surface area contributed by atoms with Crippen LogP contribution in [0.4, 0.5) is 11.4 Å². The quantitative estimate of drug-likeness (QED) is 0.535. The Kier molecular flexibility index (Phi) is 6.76. The van der Waals surface area contributed by atoms with E-state index in [1.807, 2.05) is 0 Å². The zero-order valence-electron chi connectivity index (χ0n) is 15.6. The molecule has 0 heterocycles. The lowest BCUT2D eigenvalue weighted by Crippen LogP contribution is -2.30. The third-order valence-electron chi connectivity index (χ3n) is 4.19. The van der Waals surface area contributed by atoms with E-state index in [-0.39, 0.29) is 39.9 Å². The maximum Gasteiger partial charge on any atom is 0.274 e.